The largest absolute Gasteiger partial charge is 0.456 e. The van der Waals surface area contributed by atoms with Gasteiger partial charge in [0.05, 0.1) is 0 Å². The lowest BCUT2D eigenvalue weighted by Crippen LogP contribution is -2.00. The summed E-state index contributed by atoms with van der Waals surface area (Å²) in [5.41, 5.74) is 11.0. The Morgan fingerprint density at radius 2 is 0.689 bits per heavy atom. The molecule has 2 aromatic heterocycles. The molecule has 0 radical (unpaired) electrons. The van der Waals surface area contributed by atoms with Gasteiger partial charge in [-0.15, -0.1) is 0 Å². The standard InChI is InChI=1S/C57H35N3O/c1-3-17-36(18-4-1)55-58-56(37-19-5-2-6-20-37)60-57(59-55)51-34-39(35-53-54(51)49-29-15-16-30-52(49)61-53)41-22-8-10-24-43(41)42-23-9-7-21-40(42)38-31-32-48-46-27-12-11-25-44(46)45-26-13-14-28-47(45)50(48)33-38/h1-35H. The number of fused-ring (bicyclic) bond motifs is 9. The van der Waals surface area contributed by atoms with Crippen molar-refractivity contribution in [2.75, 3.05) is 0 Å². The van der Waals surface area contributed by atoms with Crippen molar-refractivity contribution in [3.05, 3.63) is 212 Å². The van der Waals surface area contributed by atoms with Gasteiger partial charge in [0.25, 0.3) is 0 Å². The second-order valence-electron chi connectivity index (χ2n) is 15.5. The van der Waals surface area contributed by atoms with E-state index in [1.54, 1.807) is 0 Å². The van der Waals surface area contributed by atoms with Crippen LogP contribution in [0.4, 0.5) is 0 Å². The summed E-state index contributed by atoms with van der Waals surface area (Å²) in [5.74, 6) is 1.81. The molecule has 12 aromatic rings. The first-order valence-electron chi connectivity index (χ1n) is 20.6. The fourth-order valence-corrected chi connectivity index (χ4v) is 9.13. The summed E-state index contributed by atoms with van der Waals surface area (Å²) < 4.78 is 6.68. The fourth-order valence-electron chi connectivity index (χ4n) is 9.13. The van der Waals surface area contributed by atoms with Crippen LogP contribution in [0.25, 0.3) is 122 Å². The van der Waals surface area contributed by atoms with Gasteiger partial charge in [0.1, 0.15) is 11.2 Å². The number of rotatable bonds is 6. The molecule has 0 aliphatic carbocycles. The first-order chi connectivity index (χ1) is 30.2. The maximum atomic E-state index is 6.68. The second kappa shape index (κ2) is 14.3. The fraction of sp³-hybridized carbons (Fsp3) is 0. The smallest absolute Gasteiger partial charge is 0.164 e. The van der Waals surface area contributed by atoms with Crippen LogP contribution in [-0.4, -0.2) is 15.0 Å². The number of para-hydroxylation sites is 1. The molecule has 0 saturated heterocycles. The van der Waals surface area contributed by atoms with Gasteiger partial charge in [-0.2, -0.15) is 0 Å². The Morgan fingerprint density at radius 1 is 0.246 bits per heavy atom. The molecular formula is C57H35N3O. The molecule has 0 unspecified atom stereocenters. The molecular weight excluding hydrogens is 743 g/mol. The zero-order valence-corrected chi connectivity index (χ0v) is 33.0. The van der Waals surface area contributed by atoms with Crippen molar-refractivity contribution in [1.82, 2.24) is 15.0 Å². The van der Waals surface area contributed by atoms with E-state index in [0.29, 0.717) is 17.5 Å². The minimum Gasteiger partial charge on any atom is -0.456 e. The summed E-state index contributed by atoms with van der Waals surface area (Å²) in [6, 6.07) is 74.7. The molecule has 2 heterocycles. The molecule has 0 fully saturated rings. The Morgan fingerprint density at radius 3 is 1.28 bits per heavy atom. The lowest BCUT2D eigenvalue weighted by molar-refractivity contribution is 0.669. The zero-order chi connectivity index (χ0) is 40.3. The predicted octanol–water partition coefficient (Wildman–Crippen LogP) is 15.2. The second-order valence-corrected chi connectivity index (χ2v) is 15.5. The van der Waals surface area contributed by atoms with Crippen LogP contribution in [0.5, 0.6) is 0 Å². The Balaban J connectivity index is 1.08. The van der Waals surface area contributed by atoms with Crippen LogP contribution in [0.1, 0.15) is 0 Å². The number of furan rings is 1. The average Bonchev–Trinajstić information content (AvgIpc) is 3.73. The Bertz CT molecular complexity index is 3560. The topological polar surface area (TPSA) is 51.8 Å². The molecule has 0 aliphatic heterocycles. The number of hydrogen-bond donors (Lipinski definition) is 0. The first-order valence-corrected chi connectivity index (χ1v) is 20.6. The molecule has 4 heteroatoms. The van der Waals surface area contributed by atoms with E-state index in [4.69, 9.17) is 19.4 Å². The van der Waals surface area contributed by atoms with E-state index in [-0.39, 0.29) is 0 Å². The molecule has 284 valence electrons. The molecule has 12 rings (SSSR count). The third kappa shape index (κ3) is 5.88. The maximum Gasteiger partial charge on any atom is 0.164 e. The van der Waals surface area contributed by atoms with Crippen molar-refractivity contribution in [2.24, 2.45) is 0 Å². The van der Waals surface area contributed by atoms with Gasteiger partial charge in [0.15, 0.2) is 17.5 Å². The molecule has 0 spiro atoms. The molecule has 0 aliphatic rings. The van der Waals surface area contributed by atoms with Gasteiger partial charge < -0.3 is 4.42 Å². The molecule has 0 N–H and O–H groups in total. The Labute approximate surface area is 352 Å². The van der Waals surface area contributed by atoms with Gasteiger partial charge in [-0.3, -0.25) is 0 Å². The van der Waals surface area contributed by atoms with Crippen LogP contribution >= 0.6 is 0 Å². The lowest BCUT2D eigenvalue weighted by Gasteiger charge is -2.17. The van der Waals surface area contributed by atoms with Crippen molar-refractivity contribution in [2.45, 2.75) is 0 Å². The van der Waals surface area contributed by atoms with E-state index in [9.17, 15) is 0 Å². The highest BCUT2D eigenvalue weighted by atomic mass is 16.3. The van der Waals surface area contributed by atoms with Crippen molar-refractivity contribution in [3.8, 4) is 67.5 Å². The van der Waals surface area contributed by atoms with Crippen LogP contribution in [0.3, 0.4) is 0 Å². The van der Waals surface area contributed by atoms with Gasteiger partial charge in [-0.05, 0) is 90.0 Å². The SMILES string of the molecule is c1ccc(-c2nc(-c3ccccc3)nc(-c3cc(-c4ccccc4-c4ccccc4-c4ccc5c6ccccc6c6ccccc6c5c4)cc4oc5ccccc5c34)n2)cc1. The van der Waals surface area contributed by atoms with Crippen LogP contribution < -0.4 is 0 Å². The average molecular weight is 778 g/mol. The molecule has 0 amide bonds. The number of aromatic nitrogens is 3. The van der Waals surface area contributed by atoms with Crippen LogP contribution in [0.15, 0.2) is 217 Å². The van der Waals surface area contributed by atoms with Gasteiger partial charge in [-0.1, -0.05) is 188 Å². The molecule has 4 nitrogen and oxygen atoms in total. The highest BCUT2D eigenvalue weighted by Crippen LogP contribution is 2.45. The first kappa shape index (κ1) is 34.8. The third-order valence-corrected chi connectivity index (χ3v) is 11.9. The van der Waals surface area contributed by atoms with Crippen molar-refractivity contribution in [3.63, 3.8) is 0 Å². The number of nitrogens with zero attached hydrogens (tertiary/aromatic N) is 3. The molecule has 10 aromatic carbocycles. The summed E-state index contributed by atoms with van der Waals surface area (Å²) in [6.45, 7) is 0. The third-order valence-electron chi connectivity index (χ3n) is 11.9. The molecule has 0 saturated carbocycles. The van der Waals surface area contributed by atoms with E-state index >= 15 is 0 Å². The summed E-state index contributed by atoms with van der Waals surface area (Å²) in [6.07, 6.45) is 0. The molecule has 61 heavy (non-hydrogen) atoms. The van der Waals surface area contributed by atoms with Gasteiger partial charge in [0, 0.05) is 27.5 Å². The van der Waals surface area contributed by atoms with E-state index in [2.05, 4.69) is 140 Å². The van der Waals surface area contributed by atoms with E-state index < -0.39 is 0 Å². The van der Waals surface area contributed by atoms with Crippen molar-refractivity contribution >= 4 is 54.3 Å². The van der Waals surface area contributed by atoms with E-state index in [1.165, 1.54) is 37.9 Å². The summed E-state index contributed by atoms with van der Waals surface area (Å²) >= 11 is 0. The monoisotopic (exact) mass is 777 g/mol. The van der Waals surface area contributed by atoms with Crippen LogP contribution in [-0.2, 0) is 0 Å². The van der Waals surface area contributed by atoms with Crippen LogP contribution in [0, 0.1) is 0 Å². The van der Waals surface area contributed by atoms with Crippen molar-refractivity contribution in [1.29, 1.82) is 0 Å². The Kier molecular flexibility index (Phi) is 8.13. The molecule has 0 bridgehead atoms. The van der Waals surface area contributed by atoms with Crippen molar-refractivity contribution < 1.29 is 4.42 Å². The van der Waals surface area contributed by atoms with E-state index in [0.717, 1.165) is 66.4 Å². The van der Waals surface area contributed by atoms with Gasteiger partial charge in [-0.25, -0.2) is 15.0 Å². The highest BCUT2D eigenvalue weighted by Gasteiger charge is 2.21. The molecule has 0 atom stereocenters. The Hall–Kier alpha value is -8.21. The van der Waals surface area contributed by atoms with E-state index in [1.807, 2.05) is 72.8 Å². The summed E-state index contributed by atoms with van der Waals surface area (Å²) in [4.78, 5) is 15.4. The summed E-state index contributed by atoms with van der Waals surface area (Å²) in [5, 5.41) is 9.55. The van der Waals surface area contributed by atoms with Crippen LogP contribution in [0.2, 0.25) is 0 Å². The summed E-state index contributed by atoms with van der Waals surface area (Å²) in [7, 11) is 0. The van der Waals surface area contributed by atoms with Gasteiger partial charge in [0.2, 0.25) is 0 Å². The normalized spacial score (nSPS) is 11.6. The number of hydrogen-bond acceptors (Lipinski definition) is 4. The quantitative estimate of drug-likeness (QED) is 0.158. The van der Waals surface area contributed by atoms with Gasteiger partial charge >= 0.3 is 0 Å². The maximum absolute atomic E-state index is 6.68. The number of benzene rings is 10. The zero-order valence-electron chi connectivity index (χ0n) is 33.0. The predicted molar refractivity (Wildman–Crippen MR) is 252 cm³/mol. The minimum atomic E-state index is 0.583. The minimum absolute atomic E-state index is 0.583. The highest BCUT2D eigenvalue weighted by molar-refractivity contribution is 6.26. The lowest BCUT2D eigenvalue weighted by atomic mass is 9.87.